The minimum Gasteiger partial charge on any atom is -0.394 e. The first-order valence-electron chi connectivity index (χ1n) is 9.12. The highest BCUT2D eigenvalue weighted by Crippen LogP contribution is 2.30. The Morgan fingerprint density at radius 2 is 1.41 bits per heavy atom. The third-order valence-electron chi connectivity index (χ3n) is 4.87. The zero-order valence-electron chi connectivity index (χ0n) is 15.8. The molecule has 2 saturated heterocycles. The molecular formula is C16H30O13. The van der Waals surface area contributed by atoms with Crippen molar-refractivity contribution in [1.29, 1.82) is 0 Å². The molecule has 0 radical (unpaired) electrons. The minimum atomic E-state index is -1.66. The molecule has 0 aromatic heterocycles. The molecule has 11 atom stereocenters. The molecule has 0 aromatic rings. The summed E-state index contributed by atoms with van der Waals surface area (Å²) < 4.78 is 26.3. The lowest BCUT2D eigenvalue weighted by Gasteiger charge is -2.46. The molecule has 0 saturated carbocycles. The van der Waals surface area contributed by atoms with Gasteiger partial charge in [-0.15, -0.1) is 0 Å². The highest BCUT2D eigenvalue weighted by molar-refractivity contribution is 4.94. The predicted octanol–water partition coefficient (Wildman–Crippen LogP) is -5.37. The molecule has 2 aliphatic rings. The summed E-state index contributed by atoms with van der Waals surface area (Å²) in [5.41, 5.74) is 0. The molecule has 13 nitrogen and oxygen atoms in total. The third-order valence-corrected chi connectivity index (χ3v) is 4.87. The van der Waals surface area contributed by atoms with Gasteiger partial charge in [-0.3, -0.25) is 0 Å². The van der Waals surface area contributed by atoms with Crippen LogP contribution in [0.2, 0.25) is 0 Å². The van der Waals surface area contributed by atoms with Crippen LogP contribution < -0.4 is 0 Å². The van der Waals surface area contributed by atoms with Gasteiger partial charge in [0.15, 0.2) is 12.6 Å². The average molecular weight is 430 g/mol. The van der Waals surface area contributed by atoms with E-state index in [9.17, 15) is 35.7 Å². The lowest BCUT2D eigenvalue weighted by molar-refractivity contribution is -0.361. The van der Waals surface area contributed by atoms with Crippen molar-refractivity contribution in [2.45, 2.75) is 67.5 Å². The second-order valence-corrected chi connectivity index (χ2v) is 6.88. The van der Waals surface area contributed by atoms with Gasteiger partial charge in [0.1, 0.15) is 54.9 Å². The lowest BCUT2D eigenvalue weighted by Crippen LogP contribution is -2.65. The minimum absolute atomic E-state index is 0.398. The Morgan fingerprint density at radius 1 is 0.793 bits per heavy atom. The Morgan fingerprint density at radius 3 is 1.97 bits per heavy atom. The van der Waals surface area contributed by atoms with Crippen molar-refractivity contribution in [2.75, 3.05) is 33.5 Å². The number of hydrogen-bond acceptors (Lipinski definition) is 13. The van der Waals surface area contributed by atoms with Crippen LogP contribution in [0.5, 0.6) is 0 Å². The number of methoxy groups -OCH3 is 1. The molecule has 29 heavy (non-hydrogen) atoms. The van der Waals surface area contributed by atoms with E-state index in [0.717, 1.165) is 0 Å². The maximum Gasteiger partial charge on any atom is 0.187 e. The van der Waals surface area contributed by atoms with Gasteiger partial charge in [-0.1, -0.05) is 0 Å². The van der Waals surface area contributed by atoms with Crippen molar-refractivity contribution in [1.82, 2.24) is 0 Å². The zero-order chi connectivity index (χ0) is 21.7. The van der Waals surface area contributed by atoms with Gasteiger partial charge >= 0.3 is 0 Å². The predicted molar refractivity (Wildman–Crippen MR) is 90.2 cm³/mol. The monoisotopic (exact) mass is 430 g/mol. The zero-order valence-corrected chi connectivity index (χ0v) is 15.8. The van der Waals surface area contributed by atoms with Crippen molar-refractivity contribution in [3.8, 4) is 0 Å². The van der Waals surface area contributed by atoms with Gasteiger partial charge in [-0.05, 0) is 0 Å². The smallest absolute Gasteiger partial charge is 0.187 e. The summed E-state index contributed by atoms with van der Waals surface area (Å²) in [5, 5.41) is 78.1. The normalized spacial score (nSPS) is 44.6. The molecule has 8 N–H and O–H groups in total. The maximum absolute atomic E-state index is 10.4. The average Bonchev–Trinajstić information content (AvgIpc) is 2.72. The van der Waals surface area contributed by atoms with Gasteiger partial charge < -0.3 is 64.5 Å². The second kappa shape index (κ2) is 11.2. The summed E-state index contributed by atoms with van der Waals surface area (Å²) in [4.78, 5) is 0. The molecule has 0 aromatic carbocycles. The molecule has 2 aliphatic heterocycles. The Bertz CT molecular complexity index is 480. The van der Waals surface area contributed by atoms with E-state index < -0.39 is 93.9 Å². The fourth-order valence-corrected chi connectivity index (χ4v) is 3.22. The fourth-order valence-electron chi connectivity index (χ4n) is 3.22. The van der Waals surface area contributed by atoms with Crippen LogP contribution in [0.3, 0.4) is 0 Å². The van der Waals surface area contributed by atoms with Crippen LogP contribution in [0.1, 0.15) is 0 Å². The molecule has 0 spiro atoms. The van der Waals surface area contributed by atoms with Crippen molar-refractivity contribution >= 4 is 0 Å². The summed E-state index contributed by atoms with van der Waals surface area (Å²) in [6.07, 6.45) is -15.3. The quantitative estimate of drug-likeness (QED) is 0.172. The van der Waals surface area contributed by atoms with Crippen molar-refractivity contribution < 1.29 is 64.5 Å². The van der Waals surface area contributed by atoms with Gasteiger partial charge in [0.2, 0.25) is 0 Å². The van der Waals surface area contributed by atoms with Gasteiger partial charge in [0.25, 0.3) is 0 Å². The Kier molecular flexibility index (Phi) is 9.56. The second-order valence-electron chi connectivity index (χ2n) is 6.88. The van der Waals surface area contributed by atoms with E-state index in [2.05, 4.69) is 0 Å². The molecule has 2 fully saturated rings. The lowest BCUT2D eigenvalue weighted by atomic mass is 9.97. The Labute approximate surface area is 166 Å². The summed E-state index contributed by atoms with van der Waals surface area (Å²) in [7, 11) is 1.23. The van der Waals surface area contributed by atoms with Crippen LogP contribution in [-0.2, 0) is 23.7 Å². The van der Waals surface area contributed by atoms with Gasteiger partial charge in [0.05, 0.1) is 26.4 Å². The first-order chi connectivity index (χ1) is 13.8. The molecule has 172 valence electrons. The topological polar surface area (TPSA) is 208 Å². The van der Waals surface area contributed by atoms with Crippen molar-refractivity contribution in [3.63, 3.8) is 0 Å². The molecule has 0 unspecified atom stereocenters. The Hall–Kier alpha value is -0.520. The number of hydrogen-bond donors (Lipinski definition) is 8. The van der Waals surface area contributed by atoms with Crippen LogP contribution in [0, 0.1) is 0 Å². The van der Waals surface area contributed by atoms with E-state index in [0.29, 0.717) is 0 Å². The Balaban J connectivity index is 2.09. The first kappa shape index (κ1) is 24.7. The summed E-state index contributed by atoms with van der Waals surface area (Å²) in [6, 6.07) is 0. The van der Waals surface area contributed by atoms with Crippen molar-refractivity contribution in [3.05, 3.63) is 0 Å². The van der Waals surface area contributed by atoms with Crippen LogP contribution in [0.15, 0.2) is 0 Å². The summed E-state index contributed by atoms with van der Waals surface area (Å²) in [6.45, 7) is -2.26. The van der Waals surface area contributed by atoms with Crippen molar-refractivity contribution in [2.24, 2.45) is 0 Å². The van der Waals surface area contributed by atoms with E-state index in [1.807, 2.05) is 0 Å². The number of aliphatic hydroxyl groups is 8. The highest BCUT2D eigenvalue weighted by atomic mass is 16.7. The first-order valence-corrected chi connectivity index (χ1v) is 9.12. The molecule has 2 rings (SSSR count). The number of rotatable bonds is 9. The van der Waals surface area contributed by atoms with Gasteiger partial charge in [-0.25, -0.2) is 0 Å². The number of ether oxygens (including phenoxy) is 5. The van der Waals surface area contributed by atoms with Gasteiger partial charge in [-0.2, -0.15) is 0 Å². The summed E-state index contributed by atoms with van der Waals surface area (Å²) >= 11 is 0. The largest absolute Gasteiger partial charge is 0.394 e. The fraction of sp³-hybridized carbons (Fsp3) is 1.00. The van der Waals surface area contributed by atoms with Crippen LogP contribution >= 0.6 is 0 Å². The molecule has 0 aliphatic carbocycles. The van der Waals surface area contributed by atoms with E-state index in [1.165, 1.54) is 7.11 Å². The van der Waals surface area contributed by atoms with Crippen LogP contribution in [-0.4, -0.2) is 142 Å². The molecule has 0 bridgehead atoms. The number of aliphatic hydroxyl groups excluding tert-OH is 8. The molecule has 13 heteroatoms. The molecule has 2 heterocycles. The van der Waals surface area contributed by atoms with E-state index >= 15 is 0 Å². The molecular weight excluding hydrogens is 400 g/mol. The third kappa shape index (κ3) is 5.59. The summed E-state index contributed by atoms with van der Waals surface area (Å²) in [5.74, 6) is 0. The SMILES string of the molecule is CO[C@H]1[C@@H](O)[C@@H](CO)O[C@@H](O[C@@H]2[C@H](O)[C@@H](O)[C@H](OC[C@H](O)CO)O[C@@H]2CO)[C@@H]1O. The standard InChI is InChI=1S/C16H30O13/c1-25-14-9(21)7(3-18)27-16(12(14)24)29-13-8(4-19)28-15(11(23)10(13)22)26-5-6(20)2-17/h6-24H,2-5H2,1H3/t6-,7-,8-,9+,10-,11-,12-,13+,14+,15-,16+/m1/s1. The van der Waals surface area contributed by atoms with E-state index in [4.69, 9.17) is 28.8 Å². The van der Waals surface area contributed by atoms with E-state index in [1.54, 1.807) is 0 Å². The van der Waals surface area contributed by atoms with E-state index in [-0.39, 0.29) is 0 Å². The van der Waals surface area contributed by atoms with Gasteiger partial charge in [0, 0.05) is 7.11 Å². The molecule has 0 amide bonds. The van der Waals surface area contributed by atoms with Crippen LogP contribution in [0.25, 0.3) is 0 Å². The van der Waals surface area contributed by atoms with Crippen LogP contribution in [0.4, 0.5) is 0 Å². The highest BCUT2D eigenvalue weighted by Gasteiger charge is 2.51. The maximum atomic E-state index is 10.4.